The normalized spacial score (nSPS) is 29.6. The Morgan fingerprint density at radius 2 is 2.11 bits per heavy atom. The van der Waals surface area contributed by atoms with Crippen molar-refractivity contribution in [1.29, 1.82) is 0 Å². The summed E-state index contributed by atoms with van der Waals surface area (Å²) in [4.78, 5) is 13.0. The molecule has 0 spiro atoms. The number of carboxylic acids is 1. The summed E-state index contributed by atoms with van der Waals surface area (Å²) in [7, 11) is 0. The number of rotatable bonds is 6. The molecule has 5 nitrogen and oxygen atoms in total. The molecule has 2 heterocycles. The highest BCUT2D eigenvalue weighted by Crippen LogP contribution is 2.17. The van der Waals surface area contributed by atoms with Crippen LogP contribution in [0, 0.1) is 0 Å². The third kappa shape index (κ3) is 4.55. The second-order valence-electron chi connectivity index (χ2n) is 5.17. The van der Waals surface area contributed by atoms with E-state index in [-0.39, 0.29) is 12.5 Å². The maximum absolute atomic E-state index is 10.6. The van der Waals surface area contributed by atoms with Gasteiger partial charge in [-0.1, -0.05) is 0 Å². The van der Waals surface area contributed by atoms with Crippen molar-refractivity contribution in [3.8, 4) is 0 Å². The van der Waals surface area contributed by atoms with Gasteiger partial charge in [-0.15, -0.1) is 0 Å². The van der Waals surface area contributed by atoms with Crippen molar-refractivity contribution in [2.75, 3.05) is 32.8 Å². The van der Waals surface area contributed by atoms with E-state index < -0.39 is 5.97 Å². The summed E-state index contributed by atoms with van der Waals surface area (Å²) >= 11 is 0. The van der Waals surface area contributed by atoms with Gasteiger partial charge in [0.25, 0.3) is 0 Å². The van der Waals surface area contributed by atoms with Crippen LogP contribution in [0.3, 0.4) is 0 Å². The van der Waals surface area contributed by atoms with Gasteiger partial charge in [-0.05, 0) is 32.2 Å². The zero-order chi connectivity index (χ0) is 12.8. The highest BCUT2D eigenvalue weighted by Gasteiger charge is 2.23. The van der Waals surface area contributed by atoms with Crippen molar-refractivity contribution in [3.05, 3.63) is 0 Å². The first-order valence-electron chi connectivity index (χ1n) is 6.91. The molecule has 5 heteroatoms. The van der Waals surface area contributed by atoms with E-state index in [1.807, 2.05) is 0 Å². The molecule has 2 saturated heterocycles. The van der Waals surface area contributed by atoms with Gasteiger partial charge in [-0.3, -0.25) is 9.69 Å². The van der Waals surface area contributed by atoms with Crippen LogP contribution in [0.15, 0.2) is 0 Å². The molecule has 18 heavy (non-hydrogen) atoms. The Morgan fingerprint density at radius 3 is 2.83 bits per heavy atom. The summed E-state index contributed by atoms with van der Waals surface area (Å²) in [6, 6.07) is 0. The van der Waals surface area contributed by atoms with E-state index in [2.05, 4.69) is 4.90 Å². The molecular formula is C13H23NO4. The molecule has 2 fully saturated rings. The minimum absolute atomic E-state index is 0.113. The molecule has 0 aromatic carbocycles. The predicted octanol–water partition coefficient (Wildman–Crippen LogP) is 1.12. The second-order valence-corrected chi connectivity index (χ2v) is 5.17. The maximum atomic E-state index is 10.6. The molecule has 2 aliphatic rings. The predicted molar refractivity (Wildman–Crippen MR) is 66.6 cm³/mol. The number of hydrogen-bond acceptors (Lipinski definition) is 4. The van der Waals surface area contributed by atoms with E-state index in [9.17, 15) is 4.79 Å². The Bertz CT molecular complexity index is 266. The molecule has 0 bridgehead atoms. The lowest BCUT2D eigenvalue weighted by Crippen LogP contribution is -2.43. The second kappa shape index (κ2) is 7.07. The van der Waals surface area contributed by atoms with E-state index in [4.69, 9.17) is 14.6 Å². The first kappa shape index (κ1) is 13.8. The fourth-order valence-corrected chi connectivity index (χ4v) is 2.72. The van der Waals surface area contributed by atoms with Crippen molar-refractivity contribution in [2.24, 2.45) is 0 Å². The molecule has 2 rings (SSSR count). The van der Waals surface area contributed by atoms with E-state index in [0.29, 0.717) is 12.7 Å². The van der Waals surface area contributed by atoms with Gasteiger partial charge in [0.2, 0.25) is 0 Å². The van der Waals surface area contributed by atoms with Gasteiger partial charge in [-0.25, -0.2) is 0 Å². The molecule has 2 atom stereocenters. The fraction of sp³-hybridized carbons (Fsp3) is 0.923. The Kier molecular flexibility index (Phi) is 5.41. The van der Waals surface area contributed by atoms with Crippen molar-refractivity contribution >= 4 is 5.97 Å². The van der Waals surface area contributed by atoms with Crippen LogP contribution in [-0.4, -0.2) is 61.0 Å². The van der Waals surface area contributed by atoms with Crippen LogP contribution >= 0.6 is 0 Å². The molecule has 0 radical (unpaired) electrons. The average Bonchev–Trinajstić information content (AvgIpc) is 2.82. The summed E-state index contributed by atoms with van der Waals surface area (Å²) in [5.41, 5.74) is 0. The third-order valence-electron chi connectivity index (χ3n) is 3.65. The number of aliphatic carboxylic acids is 1. The number of hydrogen-bond donors (Lipinski definition) is 1. The molecule has 0 saturated carbocycles. The zero-order valence-corrected chi connectivity index (χ0v) is 10.8. The summed E-state index contributed by atoms with van der Waals surface area (Å²) in [5, 5.41) is 8.76. The van der Waals surface area contributed by atoms with Gasteiger partial charge in [0.1, 0.15) is 0 Å². The lowest BCUT2D eigenvalue weighted by Gasteiger charge is -2.32. The van der Waals surface area contributed by atoms with Gasteiger partial charge < -0.3 is 14.6 Å². The Balaban J connectivity index is 1.61. The molecule has 0 aromatic rings. The molecule has 0 amide bonds. The van der Waals surface area contributed by atoms with Gasteiger partial charge in [0.05, 0.1) is 25.2 Å². The number of carboxylic acid groups (broad SMARTS) is 1. The summed E-state index contributed by atoms with van der Waals surface area (Å²) in [6.45, 7) is 4.26. The fourth-order valence-electron chi connectivity index (χ4n) is 2.72. The van der Waals surface area contributed by atoms with Crippen LogP contribution in [0.4, 0.5) is 0 Å². The van der Waals surface area contributed by atoms with E-state index in [1.165, 1.54) is 12.8 Å². The first-order chi connectivity index (χ1) is 8.74. The largest absolute Gasteiger partial charge is 0.481 e. The SMILES string of the molecule is O=C(O)CC1CN(CCCC2CCCO2)CCO1. The van der Waals surface area contributed by atoms with Crippen molar-refractivity contribution in [1.82, 2.24) is 4.90 Å². The quantitative estimate of drug-likeness (QED) is 0.772. The Labute approximate surface area is 108 Å². The van der Waals surface area contributed by atoms with Crippen LogP contribution in [0.2, 0.25) is 0 Å². The smallest absolute Gasteiger partial charge is 0.306 e. The Hall–Kier alpha value is -0.650. The van der Waals surface area contributed by atoms with Crippen molar-refractivity contribution in [2.45, 2.75) is 44.3 Å². The number of ether oxygens (including phenoxy) is 2. The average molecular weight is 257 g/mol. The standard InChI is InChI=1S/C13H23NO4/c15-13(16)9-12-10-14(6-8-18-12)5-1-3-11-4-2-7-17-11/h11-12H,1-10H2,(H,15,16). The van der Waals surface area contributed by atoms with Crippen LogP contribution in [-0.2, 0) is 14.3 Å². The minimum atomic E-state index is -0.777. The highest BCUT2D eigenvalue weighted by atomic mass is 16.5. The maximum Gasteiger partial charge on any atom is 0.306 e. The van der Waals surface area contributed by atoms with E-state index >= 15 is 0 Å². The molecular weight excluding hydrogens is 234 g/mol. The molecule has 2 unspecified atom stereocenters. The van der Waals surface area contributed by atoms with E-state index in [0.717, 1.165) is 39.1 Å². The number of nitrogens with zero attached hydrogens (tertiary/aromatic N) is 1. The van der Waals surface area contributed by atoms with Gasteiger partial charge in [-0.2, -0.15) is 0 Å². The monoisotopic (exact) mass is 257 g/mol. The molecule has 1 N–H and O–H groups in total. The van der Waals surface area contributed by atoms with Crippen LogP contribution in [0.5, 0.6) is 0 Å². The number of morpholine rings is 1. The van der Waals surface area contributed by atoms with E-state index in [1.54, 1.807) is 0 Å². The minimum Gasteiger partial charge on any atom is -0.481 e. The summed E-state index contributed by atoms with van der Waals surface area (Å²) < 4.78 is 11.0. The third-order valence-corrected chi connectivity index (χ3v) is 3.65. The molecule has 0 aliphatic carbocycles. The lowest BCUT2D eigenvalue weighted by molar-refractivity contribution is -0.142. The summed E-state index contributed by atoms with van der Waals surface area (Å²) in [5.74, 6) is -0.777. The Morgan fingerprint density at radius 1 is 1.28 bits per heavy atom. The first-order valence-corrected chi connectivity index (χ1v) is 6.91. The highest BCUT2D eigenvalue weighted by molar-refractivity contribution is 5.67. The van der Waals surface area contributed by atoms with Gasteiger partial charge in [0.15, 0.2) is 0 Å². The molecule has 0 aromatic heterocycles. The molecule has 104 valence electrons. The van der Waals surface area contributed by atoms with Crippen LogP contribution < -0.4 is 0 Å². The van der Waals surface area contributed by atoms with Crippen LogP contribution in [0.25, 0.3) is 0 Å². The lowest BCUT2D eigenvalue weighted by atomic mass is 10.1. The summed E-state index contributed by atoms with van der Waals surface area (Å²) in [6.07, 6.45) is 5.08. The van der Waals surface area contributed by atoms with Gasteiger partial charge in [0, 0.05) is 19.7 Å². The zero-order valence-electron chi connectivity index (χ0n) is 10.8. The van der Waals surface area contributed by atoms with Gasteiger partial charge >= 0.3 is 5.97 Å². The molecule has 2 aliphatic heterocycles. The topological polar surface area (TPSA) is 59.0 Å². The van der Waals surface area contributed by atoms with Crippen molar-refractivity contribution < 1.29 is 19.4 Å². The van der Waals surface area contributed by atoms with Crippen molar-refractivity contribution in [3.63, 3.8) is 0 Å². The van der Waals surface area contributed by atoms with Crippen LogP contribution in [0.1, 0.15) is 32.1 Å². The number of carbonyl (C=O) groups is 1.